The quantitative estimate of drug-likeness (QED) is 0.854. The third-order valence-corrected chi connectivity index (χ3v) is 2.42. The number of rotatable bonds is 1. The molecule has 72 valence electrons. The number of hydrogen-bond acceptors (Lipinski definition) is 3. The number of hydrogen-bond donors (Lipinski definition) is 1. The van der Waals surface area contributed by atoms with Crippen LogP contribution >= 0.6 is 15.9 Å². The number of benzene rings is 1. The molecule has 0 atom stereocenters. The van der Waals surface area contributed by atoms with Crippen LogP contribution in [0.1, 0.15) is 0 Å². The standard InChI is InChI=1S/C9H6BrFN2O/c10-6-2-1-5(3-7(6)11)9-8(12)4-13-14-9/h1-4H,12H2. The van der Waals surface area contributed by atoms with E-state index in [1.165, 1.54) is 12.3 Å². The number of anilines is 1. The van der Waals surface area contributed by atoms with Crippen LogP contribution in [0.15, 0.2) is 33.4 Å². The maximum absolute atomic E-state index is 13.2. The van der Waals surface area contributed by atoms with Gasteiger partial charge in [0.05, 0.1) is 10.7 Å². The molecular formula is C9H6BrFN2O. The zero-order valence-electron chi connectivity index (χ0n) is 7.00. The van der Waals surface area contributed by atoms with Gasteiger partial charge in [-0.05, 0) is 34.1 Å². The fraction of sp³-hybridized carbons (Fsp3) is 0. The predicted octanol–water partition coefficient (Wildman–Crippen LogP) is 2.83. The zero-order valence-corrected chi connectivity index (χ0v) is 8.58. The van der Waals surface area contributed by atoms with Crippen molar-refractivity contribution in [2.24, 2.45) is 0 Å². The topological polar surface area (TPSA) is 52.0 Å². The van der Waals surface area contributed by atoms with Crippen molar-refractivity contribution in [1.29, 1.82) is 0 Å². The summed E-state index contributed by atoms with van der Waals surface area (Å²) in [5.41, 5.74) is 6.54. The van der Waals surface area contributed by atoms with Crippen LogP contribution in [0, 0.1) is 5.82 Å². The molecule has 0 unspecified atom stereocenters. The van der Waals surface area contributed by atoms with E-state index in [4.69, 9.17) is 10.3 Å². The Morgan fingerprint density at radius 3 is 2.79 bits per heavy atom. The highest BCUT2D eigenvalue weighted by Crippen LogP contribution is 2.28. The lowest BCUT2D eigenvalue weighted by Gasteiger charge is -1.98. The van der Waals surface area contributed by atoms with Crippen LogP contribution < -0.4 is 5.73 Å². The van der Waals surface area contributed by atoms with Crippen LogP contribution in [-0.2, 0) is 0 Å². The molecular weight excluding hydrogens is 251 g/mol. The molecule has 0 spiro atoms. The average molecular weight is 257 g/mol. The normalized spacial score (nSPS) is 10.4. The van der Waals surface area contributed by atoms with E-state index in [1.54, 1.807) is 12.1 Å². The van der Waals surface area contributed by atoms with E-state index in [0.29, 0.717) is 21.5 Å². The fourth-order valence-electron chi connectivity index (χ4n) is 1.10. The summed E-state index contributed by atoms with van der Waals surface area (Å²) < 4.78 is 18.4. The second kappa shape index (κ2) is 3.42. The molecule has 1 aromatic heterocycles. The molecule has 2 aromatic rings. The lowest BCUT2D eigenvalue weighted by atomic mass is 10.1. The lowest BCUT2D eigenvalue weighted by molar-refractivity contribution is 0.432. The third-order valence-electron chi connectivity index (χ3n) is 1.78. The summed E-state index contributed by atoms with van der Waals surface area (Å²) in [6, 6.07) is 4.62. The number of nitrogen functional groups attached to an aromatic ring is 1. The molecule has 0 fully saturated rings. The molecule has 1 heterocycles. The van der Waals surface area contributed by atoms with Crippen molar-refractivity contribution in [1.82, 2.24) is 5.16 Å². The van der Waals surface area contributed by atoms with E-state index in [-0.39, 0.29) is 5.82 Å². The predicted molar refractivity (Wildman–Crippen MR) is 54.0 cm³/mol. The summed E-state index contributed by atoms with van der Waals surface area (Å²) in [6.45, 7) is 0. The Morgan fingerprint density at radius 2 is 2.21 bits per heavy atom. The van der Waals surface area contributed by atoms with Gasteiger partial charge in [-0.25, -0.2) is 4.39 Å². The molecule has 0 saturated heterocycles. The first-order chi connectivity index (χ1) is 6.68. The van der Waals surface area contributed by atoms with E-state index in [0.717, 1.165) is 0 Å². The molecule has 0 radical (unpaired) electrons. The van der Waals surface area contributed by atoms with Gasteiger partial charge in [-0.2, -0.15) is 0 Å². The summed E-state index contributed by atoms with van der Waals surface area (Å²) in [5, 5.41) is 3.52. The van der Waals surface area contributed by atoms with Crippen LogP contribution in [0.2, 0.25) is 0 Å². The molecule has 0 aliphatic heterocycles. The largest absolute Gasteiger partial charge is 0.394 e. The zero-order chi connectivity index (χ0) is 10.1. The van der Waals surface area contributed by atoms with Crippen molar-refractivity contribution in [2.45, 2.75) is 0 Å². The fourth-order valence-corrected chi connectivity index (χ4v) is 1.35. The van der Waals surface area contributed by atoms with Crippen molar-refractivity contribution in [3.8, 4) is 11.3 Å². The van der Waals surface area contributed by atoms with Gasteiger partial charge in [0.1, 0.15) is 11.5 Å². The van der Waals surface area contributed by atoms with Crippen molar-refractivity contribution in [3.63, 3.8) is 0 Å². The van der Waals surface area contributed by atoms with Crippen molar-refractivity contribution >= 4 is 21.6 Å². The second-order valence-electron chi connectivity index (χ2n) is 2.74. The maximum atomic E-state index is 13.2. The first kappa shape index (κ1) is 9.21. The molecule has 0 aliphatic carbocycles. The second-order valence-corrected chi connectivity index (χ2v) is 3.59. The van der Waals surface area contributed by atoms with Crippen LogP contribution in [0.4, 0.5) is 10.1 Å². The van der Waals surface area contributed by atoms with Gasteiger partial charge in [-0.3, -0.25) is 0 Å². The van der Waals surface area contributed by atoms with Gasteiger partial charge in [0.25, 0.3) is 0 Å². The molecule has 14 heavy (non-hydrogen) atoms. The van der Waals surface area contributed by atoms with Gasteiger partial charge in [-0.1, -0.05) is 5.16 Å². The number of aromatic nitrogens is 1. The molecule has 0 bridgehead atoms. The average Bonchev–Trinajstić information content (AvgIpc) is 2.57. The van der Waals surface area contributed by atoms with Crippen molar-refractivity contribution < 1.29 is 8.91 Å². The minimum atomic E-state index is -0.363. The summed E-state index contributed by atoms with van der Waals surface area (Å²) in [5.74, 6) is 0.0229. The van der Waals surface area contributed by atoms with Gasteiger partial charge in [0, 0.05) is 5.56 Å². The Balaban J connectivity index is 2.53. The van der Waals surface area contributed by atoms with Crippen LogP contribution in [0.3, 0.4) is 0 Å². The summed E-state index contributed by atoms with van der Waals surface area (Å²) in [4.78, 5) is 0. The van der Waals surface area contributed by atoms with Gasteiger partial charge in [0.2, 0.25) is 0 Å². The number of nitrogens with zero attached hydrogens (tertiary/aromatic N) is 1. The Hall–Kier alpha value is -1.36. The summed E-state index contributed by atoms with van der Waals surface area (Å²) >= 11 is 3.06. The molecule has 3 nitrogen and oxygen atoms in total. The Kier molecular flexibility index (Phi) is 2.25. The molecule has 2 rings (SSSR count). The number of nitrogens with two attached hydrogens (primary N) is 1. The van der Waals surface area contributed by atoms with Crippen molar-refractivity contribution in [2.75, 3.05) is 5.73 Å². The highest BCUT2D eigenvalue weighted by Gasteiger charge is 2.09. The van der Waals surface area contributed by atoms with E-state index in [2.05, 4.69) is 21.1 Å². The van der Waals surface area contributed by atoms with Gasteiger partial charge >= 0.3 is 0 Å². The SMILES string of the molecule is Nc1cnoc1-c1ccc(Br)c(F)c1. The van der Waals surface area contributed by atoms with E-state index in [1.807, 2.05) is 0 Å². The highest BCUT2D eigenvalue weighted by molar-refractivity contribution is 9.10. The van der Waals surface area contributed by atoms with Crippen molar-refractivity contribution in [3.05, 3.63) is 34.7 Å². The van der Waals surface area contributed by atoms with Gasteiger partial charge in [0.15, 0.2) is 5.76 Å². The van der Waals surface area contributed by atoms with E-state index in [9.17, 15) is 4.39 Å². The molecule has 0 aliphatic rings. The Labute approximate surface area is 87.8 Å². The molecule has 5 heteroatoms. The van der Waals surface area contributed by atoms with Crippen LogP contribution in [0.25, 0.3) is 11.3 Å². The smallest absolute Gasteiger partial charge is 0.189 e. The van der Waals surface area contributed by atoms with E-state index < -0.39 is 0 Å². The monoisotopic (exact) mass is 256 g/mol. The Bertz CT molecular complexity index is 470. The third kappa shape index (κ3) is 1.50. The van der Waals surface area contributed by atoms with Crippen LogP contribution in [-0.4, -0.2) is 5.16 Å². The minimum Gasteiger partial charge on any atom is -0.394 e. The maximum Gasteiger partial charge on any atom is 0.189 e. The minimum absolute atomic E-state index is 0.363. The highest BCUT2D eigenvalue weighted by atomic mass is 79.9. The van der Waals surface area contributed by atoms with E-state index >= 15 is 0 Å². The Morgan fingerprint density at radius 1 is 1.43 bits per heavy atom. The molecule has 2 N–H and O–H groups in total. The summed E-state index contributed by atoms with van der Waals surface area (Å²) in [6.07, 6.45) is 1.38. The molecule has 0 saturated carbocycles. The lowest BCUT2D eigenvalue weighted by Crippen LogP contribution is -1.86. The van der Waals surface area contributed by atoms with Gasteiger partial charge in [-0.15, -0.1) is 0 Å². The first-order valence-corrected chi connectivity index (χ1v) is 4.63. The molecule has 0 amide bonds. The molecule has 1 aromatic carbocycles. The number of halogens is 2. The van der Waals surface area contributed by atoms with Crippen LogP contribution in [0.5, 0.6) is 0 Å². The summed E-state index contributed by atoms with van der Waals surface area (Å²) in [7, 11) is 0. The first-order valence-electron chi connectivity index (χ1n) is 3.84. The van der Waals surface area contributed by atoms with Gasteiger partial charge < -0.3 is 10.3 Å².